The fourth-order valence-corrected chi connectivity index (χ4v) is 5.04. The number of para-hydroxylation sites is 1. The fraction of sp³-hybridized carbons (Fsp3) is 0.241. The second kappa shape index (κ2) is 10.8. The Bertz CT molecular complexity index is 1500. The van der Waals surface area contributed by atoms with E-state index in [1.807, 2.05) is 0 Å². The molecule has 2 aliphatic rings. The molecule has 11 heteroatoms. The van der Waals surface area contributed by atoms with E-state index in [1.54, 1.807) is 31.2 Å². The molecule has 0 bridgehead atoms. The summed E-state index contributed by atoms with van der Waals surface area (Å²) in [6.45, 7) is 1.45. The van der Waals surface area contributed by atoms with Gasteiger partial charge in [0.1, 0.15) is 18.2 Å². The average Bonchev–Trinajstić information content (AvgIpc) is 3.40. The Balaban J connectivity index is 1.38. The fourth-order valence-electron chi connectivity index (χ4n) is 5.04. The highest BCUT2D eigenvalue weighted by molar-refractivity contribution is 6.08. The Morgan fingerprint density at radius 1 is 1.05 bits per heavy atom. The highest BCUT2D eigenvalue weighted by Crippen LogP contribution is 2.46. The van der Waals surface area contributed by atoms with E-state index < -0.39 is 41.7 Å². The molecule has 1 saturated heterocycles. The Kier molecular flexibility index (Phi) is 7.20. The van der Waals surface area contributed by atoms with Gasteiger partial charge in [-0.05, 0) is 60.9 Å². The van der Waals surface area contributed by atoms with Crippen molar-refractivity contribution in [2.24, 2.45) is 0 Å². The topological polar surface area (TPSA) is 108 Å². The Hall–Kier alpha value is -4.80. The number of imide groups is 1. The van der Waals surface area contributed by atoms with Gasteiger partial charge in [0.2, 0.25) is 11.5 Å². The molecule has 1 heterocycles. The molecule has 40 heavy (non-hydrogen) atoms. The van der Waals surface area contributed by atoms with Crippen molar-refractivity contribution in [1.29, 1.82) is 0 Å². The van der Waals surface area contributed by atoms with Gasteiger partial charge in [-0.2, -0.15) is 0 Å². The van der Waals surface area contributed by atoms with Crippen LogP contribution < -0.4 is 15.5 Å². The molecule has 1 aliphatic heterocycles. The maximum absolute atomic E-state index is 14.7. The number of aryl methyl sites for hydroxylation is 1. The minimum atomic E-state index is -1.59. The van der Waals surface area contributed by atoms with Crippen LogP contribution in [-0.2, 0) is 32.9 Å². The van der Waals surface area contributed by atoms with E-state index >= 15 is 0 Å². The third kappa shape index (κ3) is 4.97. The van der Waals surface area contributed by atoms with E-state index in [1.165, 1.54) is 42.5 Å². The quantitative estimate of drug-likeness (QED) is 0.453. The van der Waals surface area contributed by atoms with Gasteiger partial charge in [0.15, 0.2) is 0 Å². The van der Waals surface area contributed by atoms with E-state index in [4.69, 9.17) is 4.74 Å². The lowest BCUT2D eigenvalue weighted by Crippen LogP contribution is -2.44. The van der Waals surface area contributed by atoms with Crippen LogP contribution in [0.5, 0.6) is 0 Å². The molecule has 0 aromatic heterocycles. The predicted molar refractivity (Wildman–Crippen MR) is 141 cm³/mol. The van der Waals surface area contributed by atoms with Crippen LogP contribution in [0.3, 0.4) is 0 Å². The molecule has 1 aliphatic carbocycles. The van der Waals surface area contributed by atoms with Crippen molar-refractivity contribution in [3.8, 4) is 0 Å². The number of halogens is 2. The molecule has 206 valence electrons. The maximum atomic E-state index is 14.7. The molecule has 5 rings (SSSR count). The minimum absolute atomic E-state index is 0.0510. The zero-order valence-corrected chi connectivity index (χ0v) is 21.6. The van der Waals surface area contributed by atoms with Gasteiger partial charge in [-0.15, -0.1) is 0 Å². The number of carbonyl (C=O) groups is 4. The van der Waals surface area contributed by atoms with Crippen molar-refractivity contribution in [3.63, 3.8) is 0 Å². The van der Waals surface area contributed by atoms with Crippen LogP contribution in [0.2, 0.25) is 0 Å². The number of fused-ring (bicyclic) bond motifs is 2. The van der Waals surface area contributed by atoms with Crippen LogP contribution in [0.15, 0.2) is 66.7 Å². The van der Waals surface area contributed by atoms with Crippen LogP contribution in [-0.4, -0.2) is 41.9 Å². The van der Waals surface area contributed by atoms with Gasteiger partial charge >= 0.3 is 12.1 Å². The number of benzene rings is 3. The largest absolute Gasteiger partial charge is 0.427 e. The lowest BCUT2D eigenvalue weighted by Gasteiger charge is -2.25. The molecule has 5 amide bonds. The summed E-state index contributed by atoms with van der Waals surface area (Å²) >= 11 is 0. The summed E-state index contributed by atoms with van der Waals surface area (Å²) in [6, 6.07) is 15.6. The molecule has 1 fully saturated rings. The van der Waals surface area contributed by atoms with Crippen LogP contribution in [0.1, 0.15) is 30.0 Å². The molecule has 3 aromatic carbocycles. The molecule has 3 aromatic rings. The van der Waals surface area contributed by atoms with Crippen LogP contribution >= 0.6 is 0 Å². The third-order valence-corrected chi connectivity index (χ3v) is 6.95. The minimum Gasteiger partial charge on any atom is -0.427 e. The molecule has 9 nitrogen and oxygen atoms in total. The van der Waals surface area contributed by atoms with E-state index in [0.29, 0.717) is 29.8 Å². The van der Waals surface area contributed by atoms with Gasteiger partial charge in [0, 0.05) is 24.2 Å². The molecule has 0 unspecified atom stereocenters. The van der Waals surface area contributed by atoms with Crippen molar-refractivity contribution in [2.75, 3.05) is 23.3 Å². The smallest absolute Gasteiger partial charge is 0.418 e. The summed E-state index contributed by atoms with van der Waals surface area (Å²) in [5.41, 5.74) is 0.618. The monoisotopic (exact) mass is 548 g/mol. The number of hydrogen-bond acceptors (Lipinski definition) is 5. The zero-order chi connectivity index (χ0) is 28.4. The molecule has 1 atom stereocenters. The number of hydrogen-bond donors (Lipinski definition) is 2. The molecule has 0 saturated carbocycles. The highest BCUT2D eigenvalue weighted by Gasteiger charge is 2.58. The Morgan fingerprint density at radius 3 is 2.52 bits per heavy atom. The first-order valence-electron chi connectivity index (χ1n) is 12.7. The van der Waals surface area contributed by atoms with Gasteiger partial charge < -0.3 is 20.3 Å². The Morgan fingerprint density at radius 2 is 1.80 bits per heavy atom. The van der Waals surface area contributed by atoms with Gasteiger partial charge in [-0.1, -0.05) is 30.3 Å². The highest BCUT2D eigenvalue weighted by atomic mass is 19.1. The summed E-state index contributed by atoms with van der Waals surface area (Å²) in [7, 11) is 0. The van der Waals surface area contributed by atoms with Crippen molar-refractivity contribution in [1.82, 2.24) is 10.2 Å². The molecular formula is C29H26F2N4O5. The maximum Gasteiger partial charge on any atom is 0.418 e. The van der Waals surface area contributed by atoms with Crippen molar-refractivity contribution in [3.05, 3.63) is 95.1 Å². The third-order valence-electron chi connectivity index (χ3n) is 6.95. The van der Waals surface area contributed by atoms with Crippen LogP contribution in [0.4, 0.5) is 29.7 Å². The second-order valence-corrected chi connectivity index (χ2v) is 9.50. The normalized spacial score (nSPS) is 17.5. The van der Waals surface area contributed by atoms with Crippen molar-refractivity contribution >= 4 is 35.3 Å². The SMILES string of the molecule is CCNC(=O)Nc1ccc2c(c1)CC[C@@]21OC(=O)N(CC(=O)N(Cc2ccc(F)cc2)c2ccccc2F)C1=O. The Labute approximate surface area is 228 Å². The summed E-state index contributed by atoms with van der Waals surface area (Å²) in [5, 5.41) is 5.34. The van der Waals surface area contributed by atoms with Gasteiger partial charge in [-0.3, -0.25) is 9.59 Å². The van der Waals surface area contributed by atoms with Crippen LogP contribution in [0.25, 0.3) is 0 Å². The summed E-state index contributed by atoms with van der Waals surface area (Å²) in [5.74, 6) is -2.56. The number of rotatable bonds is 7. The first-order valence-corrected chi connectivity index (χ1v) is 12.7. The van der Waals surface area contributed by atoms with E-state index in [2.05, 4.69) is 10.6 Å². The standard InChI is InChI=1S/C29H26F2N4O5/c1-2-32-27(38)33-21-11-12-22-19(15-21)13-14-29(22)26(37)35(28(39)40-29)17-25(36)34(24-6-4-3-5-23(24)31)16-18-7-9-20(30)10-8-18/h3-12,15H,2,13-14,16-17H2,1H3,(H2,32,33,38)/t29-/m1/s1. The number of ether oxygens (including phenoxy) is 1. The van der Waals surface area contributed by atoms with Crippen molar-refractivity contribution in [2.45, 2.75) is 31.9 Å². The van der Waals surface area contributed by atoms with Crippen LogP contribution in [0, 0.1) is 11.6 Å². The number of nitrogens with zero attached hydrogens (tertiary/aromatic N) is 2. The lowest BCUT2D eigenvalue weighted by atomic mass is 9.94. The number of carbonyl (C=O) groups excluding carboxylic acids is 4. The molecular weight excluding hydrogens is 522 g/mol. The van der Waals surface area contributed by atoms with Gasteiger partial charge in [0.25, 0.3) is 5.91 Å². The van der Waals surface area contributed by atoms with E-state index in [0.717, 1.165) is 15.4 Å². The lowest BCUT2D eigenvalue weighted by molar-refractivity contribution is -0.139. The average molecular weight is 549 g/mol. The second-order valence-electron chi connectivity index (χ2n) is 9.50. The molecule has 0 radical (unpaired) electrons. The molecule has 1 spiro atoms. The summed E-state index contributed by atoms with van der Waals surface area (Å²) in [6.07, 6.45) is -0.395. The summed E-state index contributed by atoms with van der Waals surface area (Å²) < 4.78 is 33.8. The first-order chi connectivity index (χ1) is 19.2. The summed E-state index contributed by atoms with van der Waals surface area (Å²) in [4.78, 5) is 53.8. The predicted octanol–water partition coefficient (Wildman–Crippen LogP) is 4.46. The molecule has 2 N–H and O–H groups in total. The first kappa shape index (κ1) is 26.8. The number of anilines is 2. The zero-order valence-electron chi connectivity index (χ0n) is 21.6. The number of amides is 5. The van der Waals surface area contributed by atoms with Crippen molar-refractivity contribution < 1.29 is 32.7 Å². The van der Waals surface area contributed by atoms with E-state index in [9.17, 15) is 28.0 Å². The number of nitrogens with one attached hydrogen (secondary N) is 2. The van der Waals surface area contributed by atoms with Gasteiger partial charge in [0.05, 0.1) is 12.2 Å². The van der Waals surface area contributed by atoms with E-state index in [-0.39, 0.29) is 24.7 Å². The van der Waals surface area contributed by atoms with Gasteiger partial charge in [-0.25, -0.2) is 23.3 Å². The number of urea groups is 1.